The van der Waals surface area contributed by atoms with Gasteiger partial charge in [-0.1, -0.05) is 64.0 Å². The first-order valence-corrected chi connectivity index (χ1v) is 11.2. The Hall–Kier alpha value is -0.870. The second-order valence-electron chi connectivity index (χ2n) is 7.66. The molecule has 0 spiro atoms. The molecule has 0 rings (SSSR count). The summed E-state index contributed by atoms with van der Waals surface area (Å²) < 4.78 is 10.5. The third kappa shape index (κ3) is 21.3. The number of esters is 1. The van der Waals surface area contributed by atoms with E-state index in [-0.39, 0.29) is 18.2 Å². The molecule has 0 aliphatic heterocycles. The summed E-state index contributed by atoms with van der Waals surface area (Å²) in [7, 11) is 0. The third-order valence-electron chi connectivity index (χ3n) is 4.51. The van der Waals surface area contributed by atoms with E-state index in [0.29, 0.717) is 19.6 Å². The van der Waals surface area contributed by atoms with Crippen LogP contribution in [0.25, 0.3) is 0 Å². The molecule has 27 heavy (non-hydrogen) atoms. The minimum Gasteiger partial charge on any atom is -0.463 e. The predicted octanol–water partition coefficient (Wildman–Crippen LogP) is 5.96. The van der Waals surface area contributed by atoms with Gasteiger partial charge < -0.3 is 14.6 Å². The number of unbranched alkanes of at least 4 members (excludes halogenated alkanes) is 8. The smallest absolute Gasteiger partial charge is 0.305 e. The van der Waals surface area contributed by atoms with Crippen LogP contribution < -0.4 is 0 Å². The zero-order valence-electron chi connectivity index (χ0n) is 18.1. The van der Waals surface area contributed by atoms with Crippen molar-refractivity contribution in [1.29, 1.82) is 0 Å². The Morgan fingerprint density at radius 3 is 2.37 bits per heavy atom. The van der Waals surface area contributed by atoms with E-state index in [0.717, 1.165) is 44.9 Å². The van der Waals surface area contributed by atoms with Crippen molar-refractivity contribution in [2.75, 3.05) is 13.2 Å². The molecule has 0 bridgehead atoms. The van der Waals surface area contributed by atoms with Crippen LogP contribution in [0.2, 0.25) is 0 Å². The van der Waals surface area contributed by atoms with E-state index in [9.17, 15) is 9.90 Å². The molecule has 0 unspecified atom stereocenters. The molecule has 0 saturated carbocycles. The zero-order valence-corrected chi connectivity index (χ0v) is 18.1. The highest BCUT2D eigenvalue weighted by molar-refractivity contribution is 5.69. The lowest BCUT2D eigenvalue weighted by Crippen LogP contribution is -2.13. The molecular weight excluding hydrogens is 340 g/mol. The van der Waals surface area contributed by atoms with Crippen molar-refractivity contribution in [3.63, 3.8) is 0 Å². The van der Waals surface area contributed by atoms with Crippen LogP contribution in [0.5, 0.6) is 0 Å². The van der Waals surface area contributed by atoms with Crippen LogP contribution in [-0.2, 0) is 14.3 Å². The van der Waals surface area contributed by atoms with Gasteiger partial charge >= 0.3 is 5.97 Å². The van der Waals surface area contributed by atoms with Crippen molar-refractivity contribution in [2.24, 2.45) is 0 Å². The maximum atomic E-state index is 11.5. The summed E-state index contributed by atoms with van der Waals surface area (Å²) in [6, 6.07) is 0. The fraction of sp³-hybridized carbons (Fsp3) is 0.870. The number of hydrogen-bond acceptors (Lipinski definition) is 4. The van der Waals surface area contributed by atoms with Crippen LogP contribution in [-0.4, -0.2) is 36.5 Å². The lowest BCUT2D eigenvalue weighted by atomic mass is 10.1. The van der Waals surface area contributed by atoms with E-state index in [1.165, 1.54) is 32.1 Å². The summed E-state index contributed by atoms with van der Waals surface area (Å²) >= 11 is 0. The number of aliphatic hydroxyl groups excluding tert-OH is 1. The second-order valence-corrected chi connectivity index (χ2v) is 7.66. The second kappa shape index (κ2) is 19.9. The van der Waals surface area contributed by atoms with E-state index in [1.807, 2.05) is 13.8 Å². The molecule has 4 nitrogen and oxygen atoms in total. The van der Waals surface area contributed by atoms with Crippen molar-refractivity contribution in [3.8, 4) is 0 Å². The first-order chi connectivity index (χ1) is 13.1. The summed E-state index contributed by atoms with van der Waals surface area (Å²) in [6.07, 6.45) is 18.1. The van der Waals surface area contributed by atoms with E-state index in [4.69, 9.17) is 9.47 Å². The number of allylic oxidation sites excluding steroid dienone is 1. The summed E-state index contributed by atoms with van der Waals surface area (Å²) in [4.78, 5) is 11.5. The monoisotopic (exact) mass is 384 g/mol. The number of rotatable bonds is 19. The highest BCUT2D eigenvalue weighted by Gasteiger charge is 2.03. The number of hydrogen-bond donors (Lipinski definition) is 1. The van der Waals surface area contributed by atoms with Gasteiger partial charge in [-0.05, 0) is 46.0 Å². The van der Waals surface area contributed by atoms with Gasteiger partial charge in [-0.2, -0.15) is 0 Å². The molecule has 0 aromatic carbocycles. The Morgan fingerprint density at radius 1 is 0.926 bits per heavy atom. The van der Waals surface area contributed by atoms with Crippen LogP contribution >= 0.6 is 0 Å². The Bertz CT molecular complexity index is 352. The Morgan fingerprint density at radius 2 is 1.63 bits per heavy atom. The fourth-order valence-corrected chi connectivity index (χ4v) is 2.87. The van der Waals surface area contributed by atoms with Crippen LogP contribution in [0.15, 0.2) is 12.2 Å². The minimum atomic E-state index is -0.171. The quantitative estimate of drug-likeness (QED) is 0.169. The van der Waals surface area contributed by atoms with Gasteiger partial charge in [-0.3, -0.25) is 4.79 Å². The summed E-state index contributed by atoms with van der Waals surface area (Å²) in [6.45, 7) is 6.98. The maximum absolute atomic E-state index is 11.5. The molecule has 0 amide bonds. The van der Waals surface area contributed by atoms with Gasteiger partial charge in [-0.15, -0.1) is 0 Å². The van der Waals surface area contributed by atoms with Crippen molar-refractivity contribution < 1.29 is 19.4 Å². The average Bonchev–Trinajstić information content (AvgIpc) is 2.63. The van der Waals surface area contributed by atoms with Gasteiger partial charge in [0.2, 0.25) is 0 Å². The summed E-state index contributed by atoms with van der Waals surface area (Å²) in [5.41, 5.74) is 0. The molecule has 0 fully saturated rings. The summed E-state index contributed by atoms with van der Waals surface area (Å²) in [5.74, 6) is -0.112. The number of ether oxygens (including phenoxy) is 2. The molecule has 160 valence electrons. The summed E-state index contributed by atoms with van der Waals surface area (Å²) in [5, 5.41) is 9.89. The van der Waals surface area contributed by atoms with Gasteiger partial charge in [0.1, 0.15) is 6.61 Å². The Balaban J connectivity index is 3.33. The zero-order chi connectivity index (χ0) is 20.2. The van der Waals surface area contributed by atoms with Gasteiger partial charge in [0, 0.05) is 6.42 Å². The van der Waals surface area contributed by atoms with Crippen molar-refractivity contribution in [3.05, 3.63) is 12.2 Å². The molecule has 1 atom stereocenters. The normalized spacial score (nSPS) is 12.8. The lowest BCUT2D eigenvalue weighted by molar-refractivity contribution is -0.145. The minimum absolute atomic E-state index is 0.112. The van der Waals surface area contributed by atoms with Crippen LogP contribution in [0.1, 0.15) is 104 Å². The van der Waals surface area contributed by atoms with Crippen LogP contribution in [0.3, 0.4) is 0 Å². The third-order valence-corrected chi connectivity index (χ3v) is 4.51. The molecule has 0 aromatic rings. The largest absolute Gasteiger partial charge is 0.463 e. The van der Waals surface area contributed by atoms with Gasteiger partial charge in [0.05, 0.1) is 18.8 Å². The fourth-order valence-electron chi connectivity index (χ4n) is 2.87. The highest BCUT2D eigenvalue weighted by atomic mass is 16.6. The van der Waals surface area contributed by atoms with Crippen LogP contribution in [0.4, 0.5) is 0 Å². The topological polar surface area (TPSA) is 55.8 Å². The molecule has 0 saturated heterocycles. The van der Waals surface area contributed by atoms with E-state index in [1.54, 1.807) is 0 Å². The molecule has 0 radical (unpaired) electrons. The molecular formula is C23H44O4. The first kappa shape index (κ1) is 26.1. The molecule has 0 aliphatic carbocycles. The number of carbonyl (C=O) groups excluding carboxylic acids is 1. The SMILES string of the molecule is CCCCCC[C@@H](O)CC=CCCCCCCCC(=O)OCCOC(C)C. The Labute approximate surface area is 167 Å². The van der Waals surface area contributed by atoms with Gasteiger partial charge in [0.25, 0.3) is 0 Å². The Kier molecular flexibility index (Phi) is 19.2. The predicted molar refractivity (Wildman–Crippen MR) is 113 cm³/mol. The molecule has 0 aromatic heterocycles. The average molecular weight is 385 g/mol. The number of aliphatic hydroxyl groups is 1. The van der Waals surface area contributed by atoms with Gasteiger partial charge in [0.15, 0.2) is 0 Å². The van der Waals surface area contributed by atoms with Crippen molar-refractivity contribution >= 4 is 5.97 Å². The van der Waals surface area contributed by atoms with E-state index < -0.39 is 0 Å². The highest BCUT2D eigenvalue weighted by Crippen LogP contribution is 2.10. The van der Waals surface area contributed by atoms with E-state index in [2.05, 4.69) is 19.1 Å². The number of carbonyl (C=O) groups is 1. The molecule has 0 aliphatic rings. The van der Waals surface area contributed by atoms with Crippen molar-refractivity contribution in [1.82, 2.24) is 0 Å². The first-order valence-electron chi connectivity index (χ1n) is 11.2. The molecule has 0 heterocycles. The lowest BCUT2D eigenvalue weighted by Gasteiger charge is -2.08. The van der Waals surface area contributed by atoms with Gasteiger partial charge in [-0.25, -0.2) is 0 Å². The molecule has 1 N–H and O–H groups in total. The van der Waals surface area contributed by atoms with Crippen LogP contribution in [0, 0.1) is 0 Å². The standard InChI is InChI=1S/C23H44O4/c1-4-5-6-13-16-22(24)17-14-11-9-7-8-10-12-15-18-23(25)27-20-19-26-21(2)3/h11,14,21-22,24H,4-10,12-13,15-20H2,1-3H3/t22-/m1/s1. The van der Waals surface area contributed by atoms with E-state index >= 15 is 0 Å². The molecule has 4 heteroatoms. The van der Waals surface area contributed by atoms with Crippen molar-refractivity contribution in [2.45, 2.75) is 116 Å². The maximum Gasteiger partial charge on any atom is 0.305 e.